The third-order valence-corrected chi connectivity index (χ3v) is 3.70. The number of hydrogen-bond donors (Lipinski definition) is 4. The van der Waals surface area contributed by atoms with Crippen LogP contribution in [0.3, 0.4) is 0 Å². The number of nitrogens with one attached hydrogen (secondary N) is 2. The minimum absolute atomic E-state index is 0. The van der Waals surface area contributed by atoms with E-state index >= 15 is 0 Å². The SMILES string of the molecule is CC(C)CC(NC(=O)C(N)Cc1ccccc1)C(=O)NC(C)C(=O)O.Cl. The van der Waals surface area contributed by atoms with Crippen LogP contribution in [-0.2, 0) is 20.8 Å². The third-order valence-electron chi connectivity index (χ3n) is 3.70. The first-order valence-corrected chi connectivity index (χ1v) is 8.33. The van der Waals surface area contributed by atoms with Crippen molar-refractivity contribution in [3.63, 3.8) is 0 Å². The van der Waals surface area contributed by atoms with Crippen LogP contribution in [0.4, 0.5) is 0 Å². The molecule has 0 saturated heterocycles. The number of halogens is 1. The fourth-order valence-electron chi connectivity index (χ4n) is 2.32. The average Bonchev–Trinajstić information content (AvgIpc) is 2.54. The highest BCUT2D eigenvalue weighted by molar-refractivity contribution is 5.91. The second kappa shape index (κ2) is 11.5. The van der Waals surface area contributed by atoms with Gasteiger partial charge in [-0.3, -0.25) is 14.4 Å². The van der Waals surface area contributed by atoms with E-state index in [-0.39, 0.29) is 18.3 Å². The highest BCUT2D eigenvalue weighted by Crippen LogP contribution is 2.07. The molecule has 0 radical (unpaired) electrons. The van der Waals surface area contributed by atoms with Crippen molar-refractivity contribution in [2.24, 2.45) is 11.7 Å². The van der Waals surface area contributed by atoms with Gasteiger partial charge in [0.1, 0.15) is 12.1 Å². The molecular formula is C18H28ClN3O4. The van der Waals surface area contributed by atoms with Gasteiger partial charge in [-0.15, -0.1) is 12.4 Å². The monoisotopic (exact) mass is 385 g/mol. The molecule has 0 aromatic heterocycles. The normalized spacial score (nSPS) is 13.9. The highest BCUT2D eigenvalue weighted by Gasteiger charge is 2.26. The summed E-state index contributed by atoms with van der Waals surface area (Å²) in [7, 11) is 0. The number of amides is 2. The Kier molecular flexibility index (Phi) is 10.6. The lowest BCUT2D eigenvalue weighted by Gasteiger charge is -2.23. The fraction of sp³-hybridized carbons (Fsp3) is 0.500. The van der Waals surface area contributed by atoms with Crippen molar-refractivity contribution >= 4 is 30.2 Å². The number of nitrogens with two attached hydrogens (primary N) is 1. The summed E-state index contributed by atoms with van der Waals surface area (Å²) < 4.78 is 0. The Bertz CT molecular complexity index is 595. The molecule has 0 aliphatic carbocycles. The zero-order valence-corrected chi connectivity index (χ0v) is 16.1. The van der Waals surface area contributed by atoms with E-state index in [0.29, 0.717) is 12.8 Å². The van der Waals surface area contributed by atoms with E-state index in [1.54, 1.807) is 0 Å². The molecule has 0 aliphatic heterocycles. The number of benzene rings is 1. The molecule has 0 spiro atoms. The smallest absolute Gasteiger partial charge is 0.325 e. The molecule has 0 fully saturated rings. The lowest BCUT2D eigenvalue weighted by molar-refractivity contribution is -0.141. The van der Waals surface area contributed by atoms with Gasteiger partial charge < -0.3 is 21.5 Å². The predicted molar refractivity (Wildman–Crippen MR) is 102 cm³/mol. The molecule has 0 aliphatic rings. The van der Waals surface area contributed by atoms with Crippen LogP contribution in [0.25, 0.3) is 0 Å². The lowest BCUT2D eigenvalue weighted by Crippen LogP contribution is -2.54. The molecule has 3 atom stereocenters. The Morgan fingerprint density at radius 3 is 2.12 bits per heavy atom. The summed E-state index contributed by atoms with van der Waals surface area (Å²) in [6.45, 7) is 5.20. The van der Waals surface area contributed by atoms with E-state index in [2.05, 4.69) is 10.6 Å². The summed E-state index contributed by atoms with van der Waals surface area (Å²) in [5, 5.41) is 13.9. The van der Waals surface area contributed by atoms with Crippen molar-refractivity contribution < 1.29 is 19.5 Å². The van der Waals surface area contributed by atoms with Crippen LogP contribution < -0.4 is 16.4 Å². The molecule has 0 bridgehead atoms. The zero-order valence-electron chi connectivity index (χ0n) is 15.3. The summed E-state index contributed by atoms with van der Waals surface area (Å²) in [6.07, 6.45) is 0.746. The van der Waals surface area contributed by atoms with Crippen molar-refractivity contribution in [3.8, 4) is 0 Å². The molecule has 0 heterocycles. The Morgan fingerprint density at radius 2 is 1.62 bits per heavy atom. The number of carboxylic acids is 1. The molecule has 5 N–H and O–H groups in total. The summed E-state index contributed by atoms with van der Waals surface area (Å²) in [6, 6.07) is 6.71. The zero-order chi connectivity index (χ0) is 19.0. The first-order valence-electron chi connectivity index (χ1n) is 8.33. The second-order valence-corrected chi connectivity index (χ2v) is 6.56. The number of carboxylic acid groups (broad SMARTS) is 1. The van der Waals surface area contributed by atoms with Gasteiger partial charge in [0.15, 0.2) is 0 Å². The molecule has 3 unspecified atom stereocenters. The quantitative estimate of drug-likeness (QED) is 0.507. The van der Waals surface area contributed by atoms with Crippen molar-refractivity contribution in [2.75, 3.05) is 0 Å². The molecule has 26 heavy (non-hydrogen) atoms. The molecule has 1 aromatic rings. The van der Waals surface area contributed by atoms with Crippen molar-refractivity contribution in [1.29, 1.82) is 0 Å². The maximum Gasteiger partial charge on any atom is 0.325 e. The molecule has 1 aromatic carbocycles. The summed E-state index contributed by atoms with van der Waals surface area (Å²) in [4.78, 5) is 35.5. The van der Waals surface area contributed by atoms with Gasteiger partial charge in [-0.25, -0.2) is 0 Å². The maximum atomic E-state index is 12.3. The molecular weight excluding hydrogens is 358 g/mol. The average molecular weight is 386 g/mol. The van der Waals surface area contributed by atoms with E-state index in [9.17, 15) is 14.4 Å². The fourth-order valence-corrected chi connectivity index (χ4v) is 2.32. The summed E-state index contributed by atoms with van der Waals surface area (Å²) in [5.74, 6) is -1.96. The standard InChI is InChI=1S/C18H27N3O4.ClH/c1-11(2)9-15(17(23)20-12(3)18(24)25)21-16(22)14(19)10-13-7-5-4-6-8-13;/h4-8,11-12,14-15H,9-10,19H2,1-3H3,(H,20,23)(H,21,22)(H,24,25);1H. The van der Waals surface area contributed by atoms with Crippen LogP contribution in [0, 0.1) is 5.92 Å². The van der Waals surface area contributed by atoms with E-state index in [1.807, 2.05) is 44.2 Å². The Labute approximate surface area is 160 Å². The second-order valence-electron chi connectivity index (χ2n) is 6.56. The topological polar surface area (TPSA) is 122 Å². The number of carbonyl (C=O) groups is 3. The van der Waals surface area contributed by atoms with E-state index in [0.717, 1.165) is 5.56 Å². The van der Waals surface area contributed by atoms with Gasteiger partial charge in [-0.05, 0) is 31.2 Å². The van der Waals surface area contributed by atoms with Gasteiger partial charge in [-0.1, -0.05) is 44.2 Å². The molecule has 8 heteroatoms. The van der Waals surface area contributed by atoms with Crippen LogP contribution in [0.5, 0.6) is 0 Å². The lowest BCUT2D eigenvalue weighted by atomic mass is 10.0. The maximum absolute atomic E-state index is 12.3. The Balaban J connectivity index is 0.00000625. The van der Waals surface area contributed by atoms with Gasteiger partial charge in [0.2, 0.25) is 11.8 Å². The molecule has 146 valence electrons. The van der Waals surface area contributed by atoms with Crippen LogP contribution in [-0.4, -0.2) is 41.0 Å². The first kappa shape index (κ1) is 23.9. The van der Waals surface area contributed by atoms with Gasteiger partial charge in [0, 0.05) is 0 Å². The number of rotatable bonds is 9. The van der Waals surface area contributed by atoms with Crippen molar-refractivity contribution in [3.05, 3.63) is 35.9 Å². The predicted octanol–water partition coefficient (Wildman–Crippen LogP) is 1.10. The van der Waals surface area contributed by atoms with Crippen LogP contribution >= 0.6 is 12.4 Å². The number of carbonyl (C=O) groups excluding carboxylic acids is 2. The van der Waals surface area contributed by atoms with Gasteiger partial charge in [0.05, 0.1) is 6.04 Å². The first-order chi connectivity index (χ1) is 11.7. The molecule has 0 saturated carbocycles. The third kappa shape index (κ3) is 8.31. The molecule has 1 rings (SSSR count). The van der Waals surface area contributed by atoms with Gasteiger partial charge in [0.25, 0.3) is 0 Å². The van der Waals surface area contributed by atoms with Crippen molar-refractivity contribution in [2.45, 2.75) is 51.7 Å². The minimum atomic E-state index is -1.14. The van der Waals surface area contributed by atoms with E-state index in [4.69, 9.17) is 10.8 Å². The highest BCUT2D eigenvalue weighted by atomic mass is 35.5. The van der Waals surface area contributed by atoms with Crippen molar-refractivity contribution in [1.82, 2.24) is 10.6 Å². The minimum Gasteiger partial charge on any atom is -0.480 e. The summed E-state index contributed by atoms with van der Waals surface area (Å²) >= 11 is 0. The van der Waals surface area contributed by atoms with Crippen LogP contribution in [0.2, 0.25) is 0 Å². The largest absolute Gasteiger partial charge is 0.480 e. The molecule has 2 amide bonds. The Hall–Kier alpha value is -2.12. The molecule has 7 nitrogen and oxygen atoms in total. The van der Waals surface area contributed by atoms with Gasteiger partial charge >= 0.3 is 5.97 Å². The summed E-state index contributed by atoms with van der Waals surface area (Å²) in [5.41, 5.74) is 6.87. The Morgan fingerprint density at radius 1 is 1.04 bits per heavy atom. The van der Waals surface area contributed by atoms with E-state index in [1.165, 1.54) is 6.92 Å². The van der Waals surface area contributed by atoms with Crippen LogP contribution in [0.15, 0.2) is 30.3 Å². The number of aliphatic carboxylic acids is 1. The number of hydrogen-bond acceptors (Lipinski definition) is 4. The van der Waals surface area contributed by atoms with Crippen LogP contribution in [0.1, 0.15) is 32.8 Å². The van der Waals surface area contributed by atoms with Gasteiger partial charge in [-0.2, -0.15) is 0 Å². The van der Waals surface area contributed by atoms with E-state index < -0.39 is 35.9 Å².